The number of amides is 2. The van der Waals surface area contributed by atoms with Gasteiger partial charge in [-0.15, -0.1) is 0 Å². The molecule has 0 aliphatic rings. The van der Waals surface area contributed by atoms with Gasteiger partial charge in [-0.25, -0.2) is 14.0 Å². The second-order valence-corrected chi connectivity index (χ2v) is 4.75. The minimum absolute atomic E-state index is 0.115. The number of ether oxygens (including phenoxy) is 1. The molecule has 3 N–H and O–H groups in total. The number of esters is 1. The van der Waals surface area contributed by atoms with Crippen LogP contribution in [-0.2, 0) is 11.3 Å². The first kappa shape index (κ1) is 15.8. The van der Waals surface area contributed by atoms with Crippen molar-refractivity contribution in [3.05, 3.63) is 64.4 Å². The van der Waals surface area contributed by atoms with E-state index in [0.29, 0.717) is 5.69 Å². The molecule has 0 atom stereocenters. The van der Waals surface area contributed by atoms with Gasteiger partial charge in [0.15, 0.2) is 0 Å². The summed E-state index contributed by atoms with van der Waals surface area (Å²) in [7, 11) is 0. The minimum Gasteiger partial charge on any atom is -0.457 e. The Kier molecular flexibility index (Phi) is 4.95. The van der Waals surface area contributed by atoms with Gasteiger partial charge in [0.25, 0.3) is 0 Å². The third kappa shape index (κ3) is 3.95. The Morgan fingerprint density at radius 3 is 2.45 bits per heavy atom. The lowest BCUT2D eigenvalue weighted by atomic mass is 10.2. The zero-order valence-electron chi connectivity index (χ0n) is 11.3. The molecule has 7 heteroatoms. The summed E-state index contributed by atoms with van der Waals surface area (Å²) in [5, 5.41) is 2.55. The van der Waals surface area contributed by atoms with E-state index in [1.54, 1.807) is 0 Å². The molecular formula is C15H12ClFN2O3. The molecule has 0 bridgehead atoms. The van der Waals surface area contributed by atoms with Gasteiger partial charge in [-0.1, -0.05) is 17.7 Å². The molecule has 0 radical (unpaired) electrons. The fraction of sp³-hybridized carbons (Fsp3) is 0.0667. The van der Waals surface area contributed by atoms with E-state index < -0.39 is 17.8 Å². The van der Waals surface area contributed by atoms with Crippen LogP contribution >= 0.6 is 11.6 Å². The summed E-state index contributed by atoms with van der Waals surface area (Å²) in [4.78, 5) is 22.6. The summed E-state index contributed by atoms with van der Waals surface area (Å²) in [6.07, 6.45) is 0. The number of primary amides is 1. The Morgan fingerprint density at radius 1 is 1.18 bits per heavy atom. The van der Waals surface area contributed by atoms with Crippen molar-refractivity contribution in [2.75, 3.05) is 5.32 Å². The average Bonchev–Trinajstić information content (AvgIpc) is 2.46. The van der Waals surface area contributed by atoms with Crippen LogP contribution in [0.5, 0.6) is 0 Å². The molecule has 0 spiro atoms. The second kappa shape index (κ2) is 6.91. The summed E-state index contributed by atoms with van der Waals surface area (Å²) in [5.74, 6) is -1.17. The van der Waals surface area contributed by atoms with Crippen molar-refractivity contribution in [1.29, 1.82) is 0 Å². The highest BCUT2D eigenvalue weighted by atomic mass is 35.5. The van der Waals surface area contributed by atoms with E-state index in [1.165, 1.54) is 42.5 Å². The maximum absolute atomic E-state index is 13.5. The number of hydrogen-bond donors (Lipinski definition) is 2. The Labute approximate surface area is 130 Å². The first-order chi connectivity index (χ1) is 10.5. The summed E-state index contributed by atoms with van der Waals surface area (Å²) in [6.45, 7) is -0.272. The summed E-state index contributed by atoms with van der Waals surface area (Å²) >= 11 is 5.84. The van der Waals surface area contributed by atoms with Gasteiger partial charge in [-0.2, -0.15) is 0 Å². The number of nitrogens with one attached hydrogen (secondary N) is 1. The van der Waals surface area contributed by atoms with Crippen LogP contribution in [0.3, 0.4) is 0 Å². The van der Waals surface area contributed by atoms with Crippen molar-refractivity contribution in [1.82, 2.24) is 0 Å². The van der Waals surface area contributed by atoms with E-state index in [4.69, 9.17) is 22.1 Å². The van der Waals surface area contributed by atoms with Gasteiger partial charge in [0.05, 0.1) is 10.6 Å². The summed E-state index contributed by atoms with van der Waals surface area (Å²) in [6, 6.07) is 9.41. The van der Waals surface area contributed by atoms with Crippen molar-refractivity contribution >= 4 is 29.3 Å². The van der Waals surface area contributed by atoms with Crippen molar-refractivity contribution < 1.29 is 18.7 Å². The maximum atomic E-state index is 13.5. The molecule has 0 aliphatic heterocycles. The molecule has 22 heavy (non-hydrogen) atoms. The van der Waals surface area contributed by atoms with Gasteiger partial charge in [0, 0.05) is 11.3 Å². The zero-order chi connectivity index (χ0) is 16.1. The Hall–Kier alpha value is -2.60. The SMILES string of the molecule is NC(=O)Nc1ccc(C(=O)OCc2c(F)cccc2Cl)cc1. The zero-order valence-corrected chi connectivity index (χ0v) is 12.1. The largest absolute Gasteiger partial charge is 0.457 e. The minimum atomic E-state index is -0.704. The number of nitrogens with two attached hydrogens (primary N) is 1. The molecule has 2 rings (SSSR count). The normalized spacial score (nSPS) is 10.1. The van der Waals surface area contributed by atoms with Crippen LogP contribution in [0.2, 0.25) is 5.02 Å². The lowest BCUT2D eigenvalue weighted by Crippen LogP contribution is -2.19. The van der Waals surface area contributed by atoms with Crippen LogP contribution in [0.1, 0.15) is 15.9 Å². The molecular weight excluding hydrogens is 311 g/mol. The van der Waals surface area contributed by atoms with Gasteiger partial charge in [-0.3, -0.25) is 0 Å². The molecule has 5 nitrogen and oxygen atoms in total. The van der Waals surface area contributed by atoms with Crippen molar-refractivity contribution in [2.45, 2.75) is 6.61 Å². The smallest absolute Gasteiger partial charge is 0.338 e. The van der Waals surface area contributed by atoms with Gasteiger partial charge < -0.3 is 15.8 Å². The molecule has 0 fully saturated rings. The highest BCUT2D eigenvalue weighted by Gasteiger charge is 2.12. The fourth-order valence-electron chi connectivity index (χ4n) is 1.72. The predicted octanol–water partition coefficient (Wildman–Crippen LogP) is 3.33. The van der Waals surface area contributed by atoms with Crippen LogP contribution in [0.15, 0.2) is 42.5 Å². The van der Waals surface area contributed by atoms with Crippen LogP contribution in [0, 0.1) is 5.82 Å². The van der Waals surface area contributed by atoms with Gasteiger partial charge in [0.2, 0.25) is 0 Å². The molecule has 0 aliphatic carbocycles. The van der Waals surface area contributed by atoms with Crippen molar-refractivity contribution in [2.24, 2.45) is 5.73 Å². The topological polar surface area (TPSA) is 81.4 Å². The number of hydrogen-bond acceptors (Lipinski definition) is 3. The van der Waals surface area contributed by atoms with Gasteiger partial charge in [0.1, 0.15) is 12.4 Å². The summed E-state index contributed by atoms with van der Waals surface area (Å²) < 4.78 is 18.6. The third-order valence-electron chi connectivity index (χ3n) is 2.80. The second-order valence-electron chi connectivity index (χ2n) is 4.34. The van der Waals surface area contributed by atoms with Crippen LogP contribution < -0.4 is 11.1 Å². The molecule has 2 amide bonds. The Bertz CT molecular complexity index is 684. The highest BCUT2D eigenvalue weighted by Crippen LogP contribution is 2.20. The molecule has 0 saturated carbocycles. The number of anilines is 1. The predicted molar refractivity (Wildman–Crippen MR) is 80.2 cm³/mol. The number of urea groups is 1. The van der Waals surface area contributed by atoms with Crippen molar-refractivity contribution in [3.63, 3.8) is 0 Å². The maximum Gasteiger partial charge on any atom is 0.338 e. The molecule has 114 valence electrons. The van der Waals surface area contributed by atoms with Gasteiger partial charge in [-0.05, 0) is 36.4 Å². The molecule has 0 heterocycles. The lowest BCUT2D eigenvalue weighted by Gasteiger charge is -2.08. The third-order valence-corrected chi connectivity index (χ3v) is 3.15. The monoisotopic (exact) mass is 322 g/mol. The van der Waals surface area contributed by atoms with Gasteiger partial charge >= 0.3 is 12.0 Å². The number of rotatable bonds is 4. The fourth-order valence-corrected chi connectivity index (χ4v) is 1.94. The molecule has 0 unspecified atom stereocenters. The van der Waals surface area contributed by atoms with Crippen LogP contribution in [0.4, 0.5) is 14.9 Å². The number of halogens is 2. The first-order valence-electron chi connectivity index (χ1n) is 6.24. The first-order valence-corrected chi connectivity index (χ1v) is 6.61. The molecule has 0 aromatic heterocycles. The Balaban J connectivity index is 2.02. The molecule has 2 aromatic carbocycles. The van der Waals surface area contributed by atoms with E-state index in [0.717, 1.165) is 0 Å². The molecule has 0 saturated heterocycles. The van der Waals surface area contributed by atoms with E-state index in [2.05, 4.69) is 5.32 Å². The van der Waals surface area contributed by atoms with Crippen LogP contribution in [-0.4, -0.2) is 12.0 Å². The van der Waals surface area contributed by atoms with Crippen molar-refractivity contribution in [3.8, 4) is 0 Å². The number of carbonyl (C=O) groups excluding carboxylic acids is 2. The lowest BCUT2D eigenvalue weighted by molar-refractivity contribution is 0.0469. The van der Waals surface area contributed by atoms with E-state index >= 15 is 0 Å². The van der Waals surface area contributed by atoms with E-state index in [9.17, 15) is 14.0 Å². The van der Waals surface area contributed by atoms with E-state index in [1.807, 2.05) is 0 Å². The van der Waals surface area contributed by atoms with E-state index in [-0.39, 0.29) is 22.8 Å². The Morgan fingerprint density at radius 2 is 1.86 bits per heavy atom. The standard InChI is InChI=1S/C15H12ClFN2O3/c16-12-2-1-3-13(17)11(12)8-22-14(20)9-4-6-10(7-5-9)19-15(18)21/h1-7H,8H2,(H3,18,19,21). The average molecular weight is 323 g/mol. The molecule has 2 aromatic rings. The number of carbonyl (C=O) groups is 2. The highest BCUT2D eigenvalue weighted by molar-refractivity contribution is 6.31. The van der Waals surface area contributed by atoms with Crippen LogP contribution in [0.25, 0.3) is 0 Å². The summed E-state index contributed by atoms with van der Waals surface area (Å²) in [5.41, 5.74) is 5.79. The quantitative estimate of drug-likeness (QED) is 0.847. The number of benzene rings is 2.